The number of nitrogens with one attached hydrogen (secondary N) is 1. The first-order chi connectivity index (χ1) is 8.70. The normalized spacial score (nSPS) is 17.2. The highest BCUT2D eigenvalue weighted by Gasteiger charge is 2.17. The summed E-state index contributed by atoms with van der Waals surface area (Å²) in [7, 11) is 1.77. The van der Waals surface area contributed by atoms with Crippen molar-refractivity contribution >= 4 is 52.9 Å². The van der Waals surface area contributed by atoms with Gasteiger partial charge in [-0.25, -0.2) is 0 Å². The molecule has 1 saturated heterocycles. The molecule has 0 amide bonds. The van der Waals surface area contributed by atoms with Crippen molar-refractivity contribution in [1.82, 2.24) is 10.2 Å². The number of aliphatic hydroxyl groups is 1. The third kappa shape index (κ3) is 4.77. The van der Waals surface area contributed by atoms with Crippen molar-refractivity contribution in [3.63, 3.8) is 0 Å². The summed E-state index contributed by atoms with van der Waals surface area (Å²) < 4.78 is 0.702. The van der Waals surface area contributed by atoms with E-state index in [2.05, 4.69) is 15.2 Å². The van der Waals surface area contributed by atoms with Gasteiger partial charge in [0.1, 0.15) is 6.10 Å². The first-order valence-corrected chi connectivity index (χ1v) is 7.29. The third-order valence-electron chi connectivity index (χ3n) is 2.99. The predicted molar refractivity (Wildman–Crippen MR) is 91.9 cm³/mol. The summed E-state index contributed by atoms with van der Waals surface area (Å²) in [5.41, 5.74) is 0. The molecule has 0 radical (unpaired) electrons. The van der Waals surface area contributed by atoms with Crippen LogP contribution < -0.4 is 5.32 Å². The van der Waals surface area contributed by atoms with E-state index in [9.17, 15) is 5.11 Å². The fourth-order valence-electron chi connectivity index (χ4n) is 2.06. The van der Waals surface area contributed by atoms with Crippen LogP contribution in [0.2, 0.25) is 4.34 Å². The number of rotatable bonds is 3. The standard InChI is InChI=1S/C12H18ClN3OS.HI/c1-14-12(16-6-2-3-7-16)15-8-9(17)10-4-5-11(13)18-10;/h4-5,9,17H,2-3,6-8H2,1H3,(H,14,15);1H. The van der Waals surface area contributed by atoms with Gasteiger partial charge in [-0.2, -0.15) is 0 Å². The molecule has 2 heterocycles. The Morgan fingerprint density at radius 3 is 2.74 bits per heavy atom. The Morgan fingerprint density at radius 1 is 1.53 bits per heavy atom. The fourth-order valence-corrected chi connectivity index (χ4v) is 3.10. The maximum atomic E-state index is 10.0. The largest absolute Gasteiger partial charge is 0.386 e. The van der Waals surface area contributed by atoms with Gasteiger partial charge in [0.2, 0.25) is 0 Å². The molecule has 2 rings (SSSR count). The molecule has 1 atom stereocenters. The Bertz CT molecular complexity index is 421. The Labute approximate surface area is 139 Å². The molecular weight excluding hydrogens is 397 g/mol. The number of halogens is 2. The molecule has 0 aliphatic carbocycles. The van der Waals surface area contributed by atoms with Crippen molar-refractivity contribution in [3.8, 4) is 0 Å². The van der Waals surface area contributed by atoms with E-state index in [1.165, 1.54) is 24.2 Å². The fraction of sp³-hybridized carbons (Fsp3) is 0.583. The molecule has 0 spiro atoms. The van der Waals surface area contributed by atoms with E-state index >= 15 is 0 Å². The van der Waals surface area contributed by atoms with E-state index in [0.717, 1.165) is 23.9 Å². The zero-order valence-corrected chi connectivity index (χ0v) is 14.7. The summed E-state index contributed by atoms with van der Waals surface area (Å²) >= 11 is 7.26. The number of hydrogen-bond donors (Lipinski definition) is 2. The molecule has 7 heteroatoms. The first kappa shape index (κ1) is 17.0. The van der Waals surface area contributed by atoms with Crippen molar-refractivity contribution in [3.05, 3.63) is 21.3 Å². The van der Waals surface area contributed by atoms with Gasteiger partial charge in [0.15, 0.2) is 5.96 Å². The van der Waals surface area contributed by atoms with Gasteiger partial charge in [-0.1, -0.05) is 11.6 Å². The number of thiophene rings is 1. The molecule has 1 unspecified atom stereocenters. The van der Waals surface area contributed by atoms with Crippen LogP contribution in [-0.4, -0.2) is 42.6 Å². The summed E-state index contributed by atoms with van der Waals surface area (Å²) in [6, 6.07) is 3.66. The molecule has 0 aromatic carbocycles. The molecule has 1 fully saturated rings. The Morgan fingerprint density at radius 2 is 2.21 bits per heavy atom. The van der Waals surface area contributed by atoms with Crippen LogP contribution in [-0.2, 0) is 0 Å². The van der Waals surface area contributed by atoms with Gasteiger partial charge in [0.05, 0.1) is 4.34 Å². The van der Waals surface area contributed by atoms with E-state index in [1.54, 1.807) is 13.1 Å². The minimum atomic E-state index is -0.540. The van der Waals surface area contributed by atoms with Crippen LogP contribution in [0.5, 0.6) is 0 Å². The van der Waals surface area contributed by atoms with Gasteiger partial charge in [-0.15, -0.1) is 35.3 Å². The molecule has 19 heavy (non-hydrogen) atoms. The predicted octanol–water partition coefficient (Wildman–Crippen LogP) is 2.72. The third-order valence-corrected chi connectivity index (χ3v) is 4.33. The van der Waals surface area contributed by atoms with Crippen molar-refractivity contribution in [2.45, 2.75) is 18.9 Å². The molecule has 4 nitrogen and oxygen atoms in total. The number of aliphatic imine (C=N–C) groups is 1. The topological polar surface area (TPSA) is 47.9 Å². The quantitative estimate of drug-likeness (QED) is 0.453. The van der Waals surface area contributed by atoms with Gasteiger partial charge in [0, 0.05) is 31.6 Å². The summed E-state index contributed by atoms with van der Waals surface area (Å²) in [6.45, 7) is 2.54. The van der Waals surface area contributed by atoms with E-state index in [1.807, 2.05) is 6.07 Å². The molecule has 2 N–H and O–H groups in total. The average Bonchev–Trinajstić information content (AvgIpc) is 3.01. The van der Waals surface area contributed by atoms with Crippen LogP contribution in [0.25, 0.3) is 0 Å². The molecule has 1 aliphatic rings. The molecule has 108 valence electrons. The second-order valence-electron chi connectivity index (χ2n) is 4.28. The highest BCUT2D eigenvalue weighted by atomic mass is 127. The Balaban J connectivity index is 0.00000180. The highest BCUT2D eigenvalue weighted by molar-refractivity contribution is 14.0. The minimum Gasteiger partial charge on any atom is -0.386 e. The van der Waals surface area contributed by atoms with Crippen LogP contribution in [0.4, 0.5) is 0 Å². The molecule has 1 aliphatic heterocycles. The lowest BCUT2D eigenvalue weighted by molar-refractivity contribution is 0.183. The zero-order valence-electron chi connectivity index (χ0n) is 10.8. The van der Waals surface area contributed by atoms with Gasteiger partial charge in [-0.05, 0) is 25.0 Å². The van der Waals surface area contributed by atoms with Gasteiger partial charge >= 0.3 is 0 Å². The molecule has 0 saturated carbocycles. The van der Waals surface area contributed by atoms with Gasteiger partial charge in [-0.3, -0.25) is 4.99 Å². The lowest BCUT2D eigenvalue weighted by atomic mass is 10.3. The summed E-state index contributed by atoms with van der Waals surface area (Å²) in [4.78, 5) is 7.33. The second-order valence-corrected chi connectivity index (χ2v) is 6.03. The maximum Gasteiger partial charge on any atom is 0.193 e. The molecule has 1 aromatic rings. The van der Waals surface area contributed by atoms with Crippen LogP contribution in [0, 0.1) is 0 Å². The maximum absolute atomic E-state index is 10.0. The summed E-state index contributed by atoms with van der Waals surface area (Å²) in [5, 5.41) is 13.2. The Kier molecular flexibility index (Phi) is 7.41. The van der Waals surface area contributed by atoms with E-state index in [0.29, 0.717) is 10.9 Å². The monoisotopic (exact) mass is 415 g/mol. The lowest BCUT2D eigenvalue weighted by Gasteiger charge is -2.22. The molecule has 1 aromatic heterocycles. The van der Waals surface area contributed by atoms with E-state index in [4.69, 9.17) is 11.6 Å². The number of aliphatic hydroxyl groups excluding tert-OH is 1. The van der Waals surface area contributed by atoms with Crippen LogP contribution in [0.15, 0.2) is 17.1 Å². The smallest absolute Gasteiger partial charge is 0.193 e. The Hall–Kier alpha value is -0.0500. The SMILES string of the molecule is CN=C(NCC(O)c1ccc(Cl)s1)N1CCCC1.I. The molecule has 0 bridgehead atoms. The number of hydrogen-bond acceptors (Lipinski definition) is 3. The number of guanidine groups is 1. The van der Waals surface area contributed by atoms with Crippen molar-refractivity contribution in [1.29, 1.82) is 0 Å². The van der Waals surface area contributed by atoms with Crippen molar-refractivity contribution in [2.24, 2.45) is 4.99 Å². The van der Waals surface area contributed by atoms with Crippen molar-refractivity contribution < 1.29 is 5.11 Å². The van der Waals surface area contributed by atoms with Crippen LogP contribution in [0.3, 0.4) is 0 Å². The summed E-state index contributed by atoms with van der Waals surface area (Å²) in [6.07, 6.45) is 1.88. The lowest BCUT2D eigenvalue weighted by Crippen LogP contribution is -2.41. The van der Waals surface area contributed by atoms with Crippen molar-refractivity contribution in [2.75, 3.05) is 26.7 Å². The minimum absolute atomic E-state index is 0. The van der Waals surface area contributed by atoms with Crippen LogP contribution >= 0.6 is 46.9 Å². The number of likely N-dealkylation sites (tertiary alicyclic amines) is 1. The highest BCUT2D eigenvalue weighted by Crippen LogP contribution is 2.26. The van der Waals surface area contributed by atoms with E-state index in [-0.39, 0.29) is 24.0 Å². The first-order valence-electron chi connectivity index (χ1n) is 6.09. The van der Waals surface area contributed by atoms with E-state index < -0.39 is 6.10 Å². The zero-order chi connectivity index (χ0) is 13.0. The van der Waals surface area contributed by atoms with Crippen LogP contribution in [0.1, 0.15) is 23.8 Å². The average molecular weight is 416 g/mol. The molecular formula is C12H19ClIN3OS. The van der Waals surface area contributed by atoms with Gasteiger partial charge < -0.3 is 15.3 Å². The van der Waals surface area contributed by atoms with Gasteiger partial charge in [0.25, 0.3) is 0 Å². The summed E-state index contributed by atoms with van der Waals surface area (Å²) in [5.74, 6) is 0.870. The second kappa shape index (κ2) is 8.28. The number of nitrogens with zero attached hydrogens (tertiary/aromatic N) is 2.